The van der Waals surface area contributed by atoms with Crippen molar-refractivity contribution in [2.24, 2.45) is 11.8 Å². The maximum Gasteiger partial charge on any atom is 0.220 e. The average molecular weight is 242 g/mol. The zero-order valence-electron chi connectivity index (χ0n) is 10.4. The van der Waals surface area contributed by atoms with Gasteiger partial charge in [0.15, 0.2) is 0 Å². The van der Waals surface area contributed by atoms with E-state index in [0.717, 1.165) is 12.5 Å². The number of hydrogen-bond donors (Lipinski definition) is 3. The van der Waals surface area contributed by atoms with E-state index in [4.69, 9.17) is 5.11 Å². The maximum absolute atomic E-state index is 11.4. The molecule has 1 rings (SSSR count). The van der Waals surface area contributed by atoms with Gasteiger partial charge < -0.3 is 15.7 Å². The zero-order valence-corrected chi connectivity index (χ0v) is 10.4. The Labute approximate surface area is 102 Å². The van der Waals surface area contributed by atoms with Crippen LogP contribution >= 0.6 is 0 Å². The van der Waals surface area contributed by atoms with E-state index in [0.29, 0.717) is 25.2 Å². The summed E-state index contributed by atoms with van der Waals surface area (Å²) in [6.45, 7) is 3.19. The topological polar surface area (TPSA) is 78.4 Å². The van der Waals surface area contributed by atoms with Crippen LogP contribution in [0, 0.1) is 11.8 Å². The number of aliphatic hydroxyl groups excluding tert-OH is 1. The molecule has 0 aromatic heterocycles. The molecule has 0 heterocycles. The molecule has 1 aliphatic carbocycles. The van der Waals surface area contributed by atoms with E-state index in [1.54, 1.807) is 0 Å². The van der Waals surface area contributed by atoms with Gasteiger partial charge in [-0.25, -0.2) is 0 Å². The van der Waals surface area contributed by atoms with E-state index in [-0.39, 0.29) is 25.0 Å². The van der Waals surface area contributed by atoms with E-state index in [2.05, 4.69) is 17.6 Å². The van der Waals surface area contributed by atoms with Crippen LogP contribution < -0.4 is 10.6 Å². The van der Waals surface area contributed by atoms with Crippen molar-refractivity contribution in [3.63, 3.8) is 0 Å². The quantitative estimate of drug-likeness (QED) is 0.562. The van der Waals surface area contributed by atoms with E-state index in [9.17, 15) is 9.59 Å². The lowest BCUT2D eigenvalue weighted by atomic mass is 10.2. The molecule has 0 radical (unpaired) electrons. The number of carbonyl (C=O) groups is 2. The summed E-state index contributed by atoms with van der Waals surface area (Å²) in [7, 11) is 0. The summed E-state index contributed by atoms with van der Waals surface area (Å²) >= 11 is 0. The highest BCUT2D eigenvalue weighted by atomic mass is 16.3. The summed E-state index contributed by atoms with van der Waals surface area (Å²) in [5, 5.41) is 13.9. The Morgan fingerprint density at radius 2 is 1.82 bits per heavy atom. The molecule has 1 fully saturated rings. The fourth-order valence-corrected chi connectivity index (χ4v) is 1.71. The summed E-state index contributed by atoms with van der Waals surface area (Å²) in [4.78, 5) is 22.5. The van der Waals surface area contributed by atoms with Gasteiger partial charge in [-0.05, 0) is 24.7 Å². The van der Waals surface area contributed by atoms with E-state index >= 15 is 0 Å². The molecule has 2 unspecified atom stereocenters. The number of nitrogens with one attached hydrogen (secondary N) is 2. The van der Waals surface area contributed by atoms with E-state index in [1.807, 2.05) is 0 Å². The van der Waals surface area contributed by atoms with Crippen molar-refractivity contribution in [1.29, 1.82) is 0 Å². The highest BCUT2D eigenvalue weighted by molar-refractivity contribution is 5.78. The average Bonchev–Trinajstić information content (AvgIpc) is 3.00. The first-order chi connectivity index (χ1) is 8.13. The van der Waals surface area contributed by atoms with Crippen molar-refractivity contribution >= 4 is 11.8 Å². The highest BCUT2D eigenvalue weighted by Gasteiger charge is 2.32. The van der Waals surface area contributed by atoms with Crippen LogP contribution in [0.4, 0.5) is 0 Å². The van der Waals surface area contributed by atoms with Crippen LogP contribution in [0.1, 0.15) is 32.6 Å². The molecule has 5 heteroatoms. The van der Waals surface area contributed by atoms with Crippen molar-refractivity contribution in [3.05, 3.63) is 0 Å². The van der Waals surface area contributed by atoms with Crippen LogP contribution in [0.15, 0.2) is 0 Å². The second-order valence-corrected chi connectivity index (χ2v) is 4.70. The Balaban J connectivity index is 1.94. The normalized spacial score (nSPS) is 22.0. The SMILES string of the molecule is CC1CC1CNC(=O)CCCC(=O)NCCO. The van der Waals surface area contributed by atoms with Crippen LogP contribution in [-0.4, -0.2) is 36.6 Å². The molecule has 1 saturated carbocycles. The molecule has 17 heavy (non-hydrogen) atoms. The lowest BCUT2D eigenvalue weighted by molar-refractivity contribution is -0.122. The first kappa shape index (κ1) is 14.0. The molecule has 0 bridgehead atoms. The summed E-state index contributed by atoms with van der Waals surface area (Å²) < 4.78 is 0. The molecule has 3 N–H and O–H groups in total. The van der Waals surface area contributed by atoms with Crippen molar-refractivity contribution in [1.82, 2.24) is 10.6 Å². The monoisotopic (exact) mass is 242 g/mol. The fraction of sp³-hybridized carbons (Fsp3) is 0.833. The first-order valence-electron chi connectivity index (χ1n) is 6.27. The predicted molar refractivity (Wildman–Crippen MR) is 64.2 cm³/mol. The third-order valence-electron chi connectivity index (χ3n) is 3.08. The van der Waals surface area contributed by atoms with Gasteiger partial charge in [-0.15, -0.1) is 0 Å². The molecule has 0 aromatic carbocycles. The minimum Gasteiger partial charge on any atom is -0.395 e. The Morgan fingerprint density at radius 1 is 1.24 bits per heavy atom. The number of amides is 2. The smallest absolute Gasteiger partial charge is 0.220 e. The van der Waals surface area contributed by atoms with Gasteiger partial charge in [-0.3, -0.25) is 9.59 Å². The number of carbonyl (C=O) groups excluding carboxylic acids is 2. The van der Waals surface area contributed by atoms with Crippen LogP contribution in [-0.2, 0) is 9.59 Å². The van der Waals surface area contributed by atoms with Crippen LogP contribution in [0.5, 0.6) is 0 Å². The van der Waals surface area contributed by atoms with Crippen molar-refractivity contribution in [2.45, 2.75) is 32.6 Å². The molecule has 2 atom stereocenters. The van der Waals surface area contributed by atoms with Gasteiger partial charge in [0.2, 0.25) is 11.8 Å². The van der Waals surface area contributed by atoms with Crippen LogP contribution in [0.3, 0.4) is 0 Å². The lowest BCUT2D eigenvalue weighted by Gasteiger charge is -2.05. The number of rotatable bonds is 8. The maximum atomic E-state index is 11.4. The summed E-state index contributed by atoms with van der Waals surface area (Å²) in [5.41, 5.74) is 0. The van der Waals surface area contributed by atoms with Gasteiger partial charge in [-0.1, -0.05) is 6.92 Å². The molecule has 2 amide bonds. The molecule has 0 saturated heterocycles. The van der Waals surface area contributed by atoms with Gasteiger partial charge >= 0.3 is 0 Å². The highest BCUT2D eigenvalue weighted by Crippen LogP contribution is 2.36. The second kappa shape index (κ2) is 7.27. The van der Waals surface area contributed by atoms with Gasteiger partial charge in [-0.2, -0.15) is 0 Å². The zero-order chi connectivity index (χ0) is 12.7. The molecule has 0 aliphatic heterocycles. The predicted octanol–water partition coefficient (Wildman–Crippen LogP) is 0.0374. The summed E-state index contributed by atoms with van der Waals surface area (Å²) in [5.74, 6) is 1.33. The van der Waals surface area contributed by atoms with Crippen LogP contribution in [0.2, 0.25) is 0 Å². The molecular formula is C12H22N2O3. The van der Waals surface area contributed by atoms with Crippen molar-refractivity contribution in [3.8, 4) is 0 Å². The molecule has 1 aliphatic rings. The minimum absolute atomic E-state index is 0.0269. The summed E-state index contributed by atoms with van der Waals surface area (Å²) in [6.07, 6.45) is 2.51. The van der Waals surface area contributed by atoms with Gasteiger partial charge in [0.25, 0.3) is 0 Å². The van der Waals surface area contributed by atoms with Gasteiger partial charge in [0, 0.05) is 25.9 Å². The Bertz CT molecular complexity index is 268. The van der Waals surface area contributed by atoms with Crippen molar-refractivity contribution < 1.29 is 14.7 Å². The van der Waals surface area contributed by atoms with Gasteiger partial charge in [0.05, 0.1) is 6.61 Å². The van der Waals surface area contributed by atoms with E-state index < -0.39 is 0 Å². The Morgan fingerprint density at radius 3 is 2.35 bits per heavy atom. The lowest BCUT2D eigenvalue weighted by Crippen LogP contribution is -2.28. The third kappa shape index (κ3) is 6.26. The van der Waals surface area contributed by atoms with Crippen LogP contribution in [0.25, 0.3) is 0 Å². The fourth-order valence-electron chi connectivity index (χ4n) is 1.71. The standard InChI is InChI=1S/C12H22N2O3/c1-9-7-10(9)8-14-12(17)4-2-3-11(16)13-5-6-15/h9-10,15H,2-8H2,1H3,(H,13,16)(H,14,17). The number of hydrogen-bond acceptors (Lipinski definition) is 3. The summed E-state index contributed by atoms with van der Waals surface area (Å²) in [6, 6.07) is 0. The Kier molecular flexibility index (Phi) is 5.97. The molecule has 0 aromatic rings. The van der Waals surface area contributed by atoms with Gasteiger partial charge in [0.1, 0.15) is 0 Å². The molecule has 5 nitrogen and oxygen atoms in total. The van der Waals surface area contributed by atoms with Crippen molar-refractivity contribution in [2.75, 3.05) is 19.7 Å². The number of aliphatic hydroxyl groups is 1. The first-order valence-corrected chi connectivity index (χ1v) is 6.27. The Hall–Kier alpha value is -1.10. The minimum atomic E-state index is -0.109. The largest absolute Gasteiger partial charge is 0.395 e. The van der Waals surface area contributed by atoms with E-state index in [1.165, 1.54) is 6.42 Å². The molecular weight excluding hydrogens is 220 g/mol. The third-order valence-corrected chi connectivity index (χ3v) is 3.08. The molecule has 98 valence electrons. The second-order valence-electron chi connectivity index (χ2n) is 4.70. The molecule has 0 spiro atoms.